The lowest BCUT2D eigenvalue weighted by Gasteiger charge is -2.28. The summed E-state index contributed by atoms with van der Waals surface area (Å²) < 4.78 is 27.8. The maximum absolute atomic E-state index is 14.2. The number of anilines is 1. The highest BCUT2D eigenvalue weighted by atomic mass is 19.1. The van der Waals surface area contributed by atoms with Crippen molar-refractivity contribution in [3.63, 3.8) is 0 Å². The van der Waals surface area contributed by atoms with Gasteiger partial charge in [-0.05, 0) is 55.3 Å². The van der Waals surface area contributed by atoms with Crippen LogP contribution in [-0.2, 0) is 24.4 Å². The number of benzene rings is 3. The number of carboxylic acids is 1. The van der Waals surface area contributed by atoms with E-state index < -0.39 is 11.8 Å². The molecular weight excluding hydrogens is 525 g/mol. The van der Waals surface area contributed by atoms with Crippen molar-refractivity contribution in [2.45, 2.75) is 44.7 Å². The van der Waals surface area contributed by atoms with Crippen LogP contribution >= 0.6 is 0 Å². The van der Waals surface area contributed by atoms with Gasteiger partial charge in [-0.2, -0.15) is 5.26 Å². The molecule has 2 atom stereocenters. The van der Waals surface area contributed by atoms with Gasteiger partial charge in [-0.25, -0.2) is 14.2 Å². The number of nitriles is 1. The lowest BCUT2D eigenvalue weighted by molar-refractivity contribution is -0.0591. The Bertz CT molecular complexity index is 1630. The van der Waals surface area contributed by atoms with E-state index in [9.17, 15) is 14.3 Å². The van der Waals surface area contributed by atoms with Gasteiger partial charge in [0.15, 0.2) is 0 Å². The van der Waals surface area contributed by atoms with Crippen molar-refractivity contribution in [2.75, 3.05) is 25.0 Å². The summed E-state index contributed by atoms with van der Waals surface area (Å²) in [6, 6.07) is 19.2. The second-order valence-electron chi connectivity index (χ2n) is 10.5. The first-order chi connectivity index (χ1) is 19.9. The fraction of sp³-hybridized carbons (Fsp3) is 0.323. The number of hydrogen-bond acceptors (Lipinski definition) is 7. The first-order valence-electron chi connectivity index (χ1n) is 13.7. The highest BCUT2D eigenvalue weighted by Crippen LogP contribution is 2.26. The molecule has 2 fully saturated rings. The molecule has 10 heteroatoms. The topological polar surface area (TPSA) is 113 Å². The predicted molar refractivity (Wildman–Crippen MR) is 150 cm³/mol. The van der Waals surface area contributed by atoms with E-state index in [1.165, 1.54) is 6.07 Å². The van der Waals surface area contributed by atoms with Gasteiger partial charge in [-0.1, -0.05) is 12.1 Å². The molecule has 2 aliphatic rings. The Hall–Kier alpha value is -4.46. The number of nitrogens with zero attached hydrogens (tertiary/aromatic N) is 4. The SMILES string of the molecule is N#Cc1ccc(COc2cccc(NC3CCN(Cc4nc5ccc(C(=O)O)cc5n4CC4CCO4)C3)c2)c(F)c1. The van der Waals surface area contributed by atoms with Gasteiger partial charge in [0.05, 0.1) is 47.4 Å². The van der Waals surface area contributed by atoms with E-state index in [2.05, 4.69) is 14.8 Å². The molecule has 6 rings (SSSR count). The summed E-state index contributed by atoms with van der Waals surface area (Å²) >= 11 is 0. The van der Waals surface area contributed by atoms with Crippen LogP contribution in [-0.4, -0.2) is 57.4 Å². The maximum atomic E-state index is 14.2. The first kappa shape index (κ1) is 26.7. The van der Waals surface area contributed by atoms with Crippen LogP contribution in [0.15, 0.2) is 60.7 Å². The van der Waals surface area contributed by atoms with Crippen LogP contribution in [0.2, 0.25) is 0 Å². The minimum Gasteiger partial charge on any atom is -0.489 e. The lowest BCUT2D eigenvalue weighted by Crippen LogP contribution is -2.33. The smallest absolute Gasteiger partial charge is 0.335 e. The minimum absolute atomic E-state index is 0.0685. The molecule has 2 aliphatic heterocycles. The lowest BCUT2D eigenvalue weighted by atomic mass is 10.1. The van der Waals surface area contributed by atoms with Crippen molar-refractivity contribution < 1.29 is 23.8 Å². The normalized spacial score (nSPS) is 18.6. The molecule has 0 saturated carbocycles. The van der Waals surface area contributed by atoms with Gasteiger partial charge in [0.2, 0.25) is 0 Å². The number of aromatic nitrogens is 2. The van der Waals surface area contributed by atoms with Gasteiger partial charge in [-0.15, -0.1) is 0 Å². The van der Waals surface area contributed by atoms with E-state index in [0.717, 1.165) is 55.1 Å². The van der Waals surface area contributed by atoms with Crippen LogP contribution in [0.4, 0.5) is 10.1 Å². The number of rotatable bonds is 10. The molecule has 0 amide bonds. The summed E-state index contributed by atoms with van der Waals surface area (Å²) in [7, 11) is 0. The summed E-state index contributed by atoms with van der Waals surface area (Å²) in [4.78, 5) is 18.8. The summed E-state index contributed by atoms with van der Waals surface area (Å²) in [6.07, 6.45) is 2.06. The Morgan fingerprint density at radius 2 is 2.07 bits per heavy atom. The fourth-order valence-corrected chi connectivity index (χ4v) is 5.36. The number of carboxylic acid groups (broad SMARTS) is 1. The average Bonchev–Trinajstić information content (AvgIpc) is 3.53. The molecular formula is C31H30FN5O4. The van der Waals surface area contributed by atoms with Crippen LogP contribution in [0.5, 0.6) is 5.75 Å². The first-order valence-corrected chi connectivity index (χ1v) is 13.7. The summed E-state index contributed by atoms with van der Waals surface area (Å²) in [5, 5.41) is 22.0. The average molecular weight is 556 g/mol. The molecule has 0 aliphatic carbocycles. The van der Waals surface area contributed by atoms with Crippen molar-refractivity contribution in [2.24, 2.45) is 0 Å². The Kier molecular flexibility index (Phi) is 7.55. The molecule has 3 aromatic carbocycles. The van der Waals surface area contributed by atoms with E-state index in [1.54, 1.807) is 30.3 Å². The van der Waals surface area contributed by atoms with E-state index in [1.807, 2.05) is 30.3 Å². The maximum Gasteiger partial charge on any atom is 0.335 e. The zero-order chi connectivity index (χ0) is 28.3. The van der Waals surface area contributed by atoms with Crippen molar-refractivity contribution in [3.8, 4) is 11.8 Å². The highest BCUT2D eigenvalue weighted by molar-refractivity contribution is 5.92. The number of hydrogen-bond donors (Lipinski definition) is 2. The largest absolute Gasteiger partial charge is 0.489 e. The standard InChI is InChI=1S/C31H30FN5O4/c32-27-12-20(15-33)4-5-22(27)19-41-25-3-1-2-23(14-25)34-24-8-10-36(16-24)18-30-35-28-7-6-21(31(38)39)13-29(28)37(30)17-26-9-11-40-26/h1-7,12-14,24,26,34H,8-11,16-19H2,(H,38,39). The number of likely N-dealkylation sites (tertiary alicyclic amines) is 1. The third-order valence-corrected chi connectivity index (χ3v) is 7.67. The van der Waals surface area contributed by atoms with Gasteiger partial charge in [0.1, 0.15) is 24.0 Å². The minimum atomic E-state index is -0.953. The zero-order valence-corrected chi connectivity index (χ0v) is 22.4. The van der Waals surface area contributed by atoms with Gasteiger partial charge in [-0.3, -0.25) is 4.90 Å². The van der Waals surface area contributed by atoms with Gasteiger partial charge in [0, 0.05) is 43.1 Å². The molecule has 2 N–H and O–H groups in total. The van der Waals surface area contributed by atoms with Crippen molar-refractivity contribution in [1.29, 1.82) is 5.26 Å². The van der Waals surface area contributed by atoms with Crippen LogP contribution < -0.4 is 10.1 Å². The molecule has 210 valence electrons. The van der Waals surface area contributed by atoms with Crippen molar-refractivity contribution in [3.05, 3.63) is 89.0 Å². The number of nitrogens with one attached hydrogen (secondary N) is 1. The monoisotopic (exact) mass is 555 g/mol. The number of fused-ring (bicyclic) bond motifs is 1. The number of carbonyl (C=O) groups is 1. The Balaban J connectivity index is 1.09. The second-order valence-corrected chi connectivity index (χ2v) is 10.5. The number of imidazole rings is 1. The molecule has 2 saturated heterocycles. The summed E-state index contributed by atoms with van der Waals surface area (Å²) in [6.45, 7) is 3.86. The van der Waals surface area contributed by atoms with Gasteiger partial charge >= 0.3 is 5.97 Å². The predicted octanol–water partition coefficient (Wildman–Crippen LogP) is 4.80. The molecule has 0 bridgehead atoms. The molecule has 1 aromatic heterocycles. The van der Waals surface area contributed by atoms with Crippen molar-refractivity contribution >= 4 is 22.7 Å². The molecule has 0 spiro atoms. The van der Waals surface area contributed by atoms with Crippen molar-refractivity contribution in [1.82, 2.24) is 14.5 Å². The van der Waals surface area contributed by atoms with E-state index >= 15 is 0 Å². The number of halogens is 1. The second kappa shape index (κ2) is 11.6. The van der Waals surface area contributed by atoms with E-state index in [-0.39, 0.29) is 29.9 Å². The Morgan fingerprint density at radius 1 is 1.20 bits per heavy atom. The van der Waals surface area contributed by atoms with Crippen LogP contribution in [0, 0.1) is 17.1 Å². The van der Waals surface area contributed by atoms with Crippen LogP contribution in [0.25, 0.3) is 11.0 Å². The molecule has 9 nitrogen and oxygen atoms in total. The molecule has 3 heterocycles. The quantitative estimate of drug-likeness (QED) is 0.287. The third kappa shape index (κ3) is 6.01. The number of ether oxygens (including phenoxy) is 2. The summed E-state index contributed by atoms with van der Waals surface area (Å²) in [5.74, 6) is 0.122. The summed E-state index contributed by atoms with van der Waals surface area (Å²) in [5.41, 5.74) is 3.45. The van der Waals surface area contributed by atoms with Crippen LogP contribution in [0.1, 0.15) is 40.2 Å². The molecule has 4 aromatic rings. The highest BCUT2D eigenvalue weighted by Gasteiger charge is 2.27. The molecule has 0 radical (unpaired) electrons. The molecule has 41 heavy (non-hydrogen) atoms. The Morgan fingerprint density at radius 3 is 2.83 bits per heavy atom. The third-order valence-electron chi connectivity index (χ3n) is 7.67. The van der Waals surface area contributed by atoms with E-state index in [0.29, 0.717) is 24.4 Å². The van der Waals surface area contributed by atoms with Gasteiger partial charge < -0.3 is 24.5 Å². The van der Waals surface area contributed by atoms with Crippen LogP contribution in [0.3, 0.4) is 0 Å². The Labute approximate surface area is 236 Å². The number of aromatic carboxylic acids is 1. The fourth-order valence-electron chi connectivity index (χ4n) is 5.36. The molecule has 2 unspecified atom stereocenters. The zero-order valence-electron chi connectivity index (χ0n) is 22.4. The van der Waals surface area contributed by atoms with Gasteiger partial charge in [0.25, 0.3) is 0 Å². The van der Waals surface area contributed by atoms with E-state index in [4.69, 9.17) is 19.7 Å².